The second kappa shape index (κ2) is 5.92. The number of carbonyl (C=O) groups excluding carboxylic acids is 3. The number of benzene rings is 2. The third-order valence-corrected chi connectivity index (χ3v) is 4.04. The van der Waals surface area contributed by atoms with Gasteiger partial charge in [-0.3, -0.25) is 14.4 Å². The maximum absolute atomic E-state index is 12.6. The molecule has 5 heteroatoms. The summed E-state index contributed by atoms with van der Waals surface area (Å²) >= 11 is 0. The van der Waals surface area contributed by atoms with Crippen LogP contribution >= 0.6 is 0 Å². The highest BCUT2D eigenvalue weighted by Gasteiger charge is 2.37. The van der Waals surface area contributed by atoms with Crippen LogP contribution in [0.15, 0.2) is 42.5 Å². The molecule has 2 aromatic rings. The Hall–Kier alpha value is -2.95. The fourth-order valence-electron chi connectivity index (χ4n) is 2.62. The van der Waals surface area contributed by atoms with Crippen LogP contribution in [-0.4, -0.2) is 17.7 Å². The van der Waals surface area contributed by atoms with E-state index in [0.717, 1.165) is 5.56 Å². The summed E-state index contributed by atoms with van der Waals surface area (Å²) in [4.78, 5) is 38.3. The predicted octanol–water partition coefficient (Wildman–Crippen LogP) is 3.39. The molecule has 0 atom stereocenters. The van der Waals surface area contributed by atoms with E-state index in [4.69, 9.17) is 0 Å². The average molecular weight is 322 g/mol. The average Bonchev–Trinajstić information content (AvgIpc) is 2.81. The van der Waals surface area contributed by atoms with Gasteiger partial charge in [-0.1, -0.05) is 32.0 Å². The molecule has 24 heavy (non-hydrogen) atoms. The van der Waals surface area contributed by atoms with Crippen molar-refractivity contribution in [3.8, 4) is 0 Å². The number of carbonyl (C=O) groups is 3. The first-order valence-corrected chi connectivity index (χ1v) is 7.79. The van der Waals surface area contributed by atoms with Crippen molar-refractivity contribution in [3.05, 3.63) is 59.2 Å². The van der Waals surface area contributed by atoms with Crippen molar-refractivity contribution in [2.45, 2.75) is 20.8 Å². The molecule has 0 aromatic heterocycles. The predicted molar refractivity (Wildman–Crippen MR) is 92.2 cm³/mol. The highest BCUT2D eigenvalue weighted by atomic mass is 16.2. The van der Waals surface area contributed by atoms with Crippen LogP contribution in [0.5, 0.6) is 0 Å². The highest BCUT2D eigenvalue weighted by molar-refractivity contribution is 6.34. The van der Waals surface area contributed by atoms with Crippen molar-refractivity contribution in [1.82, 2.24) is 0 Å². The number of rotatable bonds is 3. The lowest BCUT2D eigenvalue weighted by atomic mass is 10.1. The molecule has 1 aliphatic heterocycles. The topological polar surface area (TPSA) is 66.5 Å². The molecule has 5 nitrogen and oxygen atoms in total. The number of nitrogens with one attached hydrogen (secondary N) is 1. The largest absolute Gasteiger partial charge is 0.326 e. The minimum Gasteiger partial charge on any atom is -0.326 e. The van der Waals surface area contributed by atoms with Crippen LogP contribution in [0, 0.1) is 12.8 Å². The van der Waals surface area contributed by atoms with Crippen molar-refractivity contribution < 1.29 is 14.4 Å². The summed E-state index contributed by atoms with van der Waals surface area (Å²) in [5, 5.41) is 2.80. The summed E-state index contributed by atoms with van der Waals surface area (Å²) in [5.74, 6) is -0.960. The molecule has 0 saturated heterocycles. The first kappa shape index (κ1) is 15.9. The Labute approximate surface area is 140 Å². The lowest BCUT2D eigenvalue weighted by molar-refractivity contribution is -0.118. The van der Waals surface area contributed by atoms with Crippen LogP contribution in [0.25, 0.3) is 0 Å². The molecule has 122 valence electrons. The minimum absolute atomic E-state index is 0.118. The number of hydrogen-bond acceptors (Lipinski definition) is 3. The number of nitrogens with zero attached hydrogens (tertiary/aromatic N) is 1. The van der Waals surface area contributed by atoms with E-state index in [1.807, 2.05) is 6.92 Å². The lowest BCUT2D eigenvalue weighted by Crippen LogP contribution is -2.30. The Bertz CT molecular complexity index is 820. The summed E-state index contributed by atoms with van der Waals surface area (Å²) in [6, 6.07) is 12.0. The zero-order valence-corrected chi connectivity index (χ0v) is 13.8. The van der Waals surface area contributed by atoms with Gasteiger partial charge in [0.05, 0.1) is 16.8 Å². The van der Waals surface area contributed by atoms with Crippen LogP contribution in [0.2, 0.25) is 0 Å². The van der Waals surface area contributed by atoms with Gasteiger partial charge in [-0.2, -0.15) is 0 Å². The van der Waals surface area contributed by atoms with Gasteiger partial charge in [0, 0.05) is 11.6 Å². The van der Waals surface area contributed by atoms with Gasteiger partial charge < -0.3 is 5.32 Å². The van der Waals surface area contributed by atoms with Gasteiger partial charge in [0.25, 0.3) is 11.8 Å². The smallest absolute Gasteiger partial charge is 0.266 e. The number of aryl methyl sites for hydroxylation is 1. The molecular formula is C19H18N2O3. The molecule has 0 spiro atoms. The minimum atomic E-state index is -0.342. The Morgan fingerprint density at radius 2 is 1.58 bits per heavy atom. The summed E-state index contributed by atoms with van der Waals surface area (Å²) in [6.07, 6.45) is 0. The van der Waals surface area contributed by atoms with Gasteiger partial charge in [-0.25, -0.2) is 4.90 Å². The number of amides is 3. The number of anilines is 2. The summed E-state index contributed by atoms with van der Waals surface area (Å²) in [6.45, 7) is 5.43. The molecule has 1 aliphatic rings. The zero-order valence-electron chi connectivity index (χ0n) is 13.8. The molecule has 0 aliphatic carbocycles. The van der Waals surface area contributed by atoms with E-state index in [-0.39, 0.29) is 23.6 Å². The van der Waals surface area contributed by atoms with Crippen LogP contribution in [0.1, 0.15) is 40.1 Å². The monoisotopic (exact) mass is 322 g/mol. The highest BCUT2D eigenvalue weighted by Crippen LogP contribution is 2.32. The Balaban J connectivity index is 2.00. The molecule has 3 rings (SSSR count). The number of fused-ring (bicyclic) bond motifs is 1. The van der Waals surface area contributed by atoms with Gasteiger partial charge in [-0.15, -0.1) is 0 Å². The van der Waals surface area contributed by atoms with Crippen molar-refractivity contribution in [2.75, 3.05) is 10.2 Å². The summed E-state index contributed by atoms with van der Waals surface area (Å²) in [5.41, 5.74) is 2.64. The van der Waals surface area contributed by atoms with Crippen molar-refractivity contribution in [2.24, 2.45) is 5.92 Å². The van der Waals surface area contributed by atoms with Crippen LogP contribution in [-0.2, 0) is 4.79 Å². The van der Waals surface area contributed by atoms with E-state index in [9.17, 15) is 14.4 Å². The van der Waals surface area contributed by atoms with Crippen molar-refractivity contribution in [1.29, 1.82) is 0 Å². The molecule has 0 unspecified atom stereocenters. The fraction of sp³-hybridized carbons (Fsp3) is 0.211. The zero-order chi connectivity index (χ0) is 17.4. The molecule has 0 radical (unpaired) electrons. The maximum atomic E-state index is 12.6. The van der Waals surface area contributed by atoms with Gasteiger partial charge in [0.1, 0.15) is 0 Å². The molecule has 3 amide bonds. The molecule has 2 aromatic carbocycles. The molecule has 0 saturated carbocycles. The normalized spacial score (nSPS) is 13.4. The van der Waals surface area contributed by atoms with Gasteiger partial charge in [0.2, 0.25) is 5.91 Å². The van der Waals surface area contributed by atoms with Gasteiger partial charge in [0.15, 0.2) is 0 Å². The molecule has 0 bridgehead atoms. The third-order valence-electron chi connectivity index (χ3n) is 4.04. The van der Waals surface area contributed by atoms with Crippen LogP contribution < -0.4 is 10.2 Å². The SMILES string of the molecule is Cc1ccc(NC(=O)C(C)C)cc1N1C(=O)c2ccccc2C1=O. The number of imide groups is 1. The van der Waals surface area contributed by atoms with E-state index in [1.165, 1.54) is 4.90 Å². The standard InChI is InChI=1S/C19H18N2O3/c1-11(2)17(22)20-13-9-8-12(3)16(10-13)21-18(23)14-6-4-5-7-15(14)19(21)24/h4-11H,1-3H3,(H,20,22). The maximum Gasteiger partial charge on any atom is 0.266 e. The molecule has 1 N–H and O–H groups in total. The van der Waals surface area contributed by atoms with E-state index < -0.39 is 0 Å². The quantitative estimate of drug-likeness (QED) is 0.881. The van der Waals surface area contributed by atoms with Crippen molar-refractivity contribution in [3.63, 3.8) is 0 Å². The van der Waals surface area contributed by atoms with E-state index >= 15 is 0 Å². The molecule has 0 fully saturated rings. The van der Waals surface area contributed by atoms with Gasteiger partial charge >= 0.3 is 0 Å². The van der Waals surface area contributed by atoms with E-state index in [2.05, 4.69) is 5.32 Å². The van der Waals surface area contributed by atoms with E-state index in [0.29, 0.717) is 22.5 Å². The first-order valence-electron chi connectivity index (χ1n) is 7.79. The second-order valence-electron chi connectivity index (χ2n) is 6.14. The second-order valence-corrected chi connectivity index (χ2v) is 6.14. The van der Waals surface area contributed by atoms with E-state index in [1.54, 1.807) is 56.3 Å². The summed E-state index contributed by atoms with van der Waals surface area (Å²) in [7, 11) is 0. The third kappa shape index (κ3) is 2.58. The first-order chi connectivity index (χ1) is 11.4. The Morgan fingerprint density at radius 1 is 1.00 bits per heavy atom. The Morgan fingerprint density at radius 3 is 2.12 bits per heavy atom. The van der Waals surface area contributed by atoms with Crippen molar-refractivity contribution >= 4 is 29.1 Å². The van der Waals surface area contributed by atoms with Crippen LogP contribution in [0.3, 0.4) is 0 Å². The van der Waals surface area contributed by atoms with Crippen LogP contribution in [0.4, 0.5) is 11.4 Å². The Kier molecular flexibility index (Phi) is 3.93. The van der Waals surface area contributed by atoms with Gasteiger partial charge in [-0.05, 0) is 36.8 Å². The lowest BCUT2D eigenvalue weighted by Gasteiger charge is -2.18. The number of hydrogen-bond donors (Lipinski definition) is 1. The fourth-order valence-corrected chi connectivity index (χ4v) is 2.62. The molecular weight excluding hydrogens is 304 g/mol. The molecule has 1 heterocycles. The summed E-state index contributed by atoms with van der Waals surface area (Å²) < 4.78 is 0.